The highest BCUT2D eigenvalue weighted by atomic mass is 16.8. The number of phenolic OH excluding ortho intramolecular Hbond substituents is 7. The van der Waals surface area contributed by atoms with Gasteiger partial charge in [-0.3, -0.25) is 0 Å². The molecule has 0 amide bonds. The molecule has 1 fully saturated rings. The molecule has 4 heterocycles. The van der Waals surface area contributed by atoms with Crippen molar-refractivity contribution in [1.29, 1.82) is 0 Å². The van der Waals surface area contributed by atoms with Crippen LogP contribution in [0.5, 0.6) is 57.5 Å². The molecule has 17 heteroatoms. The second-order valence-corrected chi connectivity index (χ2v) is 13.4. The number of benzene rings is 4. The van der Waals surface area contributed by atoms with Crippen LogP contribution in [0.25, 0.3) is 0 Å². The van der Waals surface area contributed by atoms with Gasteiger partial charge in [-0.05, 0) is 35.9 Å². The number of phenols is 7. The van der Waals surface area contributed by atoms with Crippen LogP contribution in [0, 0.1) is 0 Å². The number of aliphatic hydroxyl groups is 5. The summed E-state index contributed by atoms with van der Waals surface area (Å²) in [5.41, 5.74) is 0.318. The lowest BCUT2D eigenvalue weighted by Crippen LogP contribution is -2.64. The molecule has 4 aromatic carbocycles. The molecule has 280 valence electrons. The molecule has 12 N–H and O–H groups in total. The van der Waals surface area contributed by atoms with Gasteiger partial charge in [0.2, 0.25) is 0 Å². The van der Waals surface area contributed by atoms with Gasteiger partial charge in [0.25, 0.3) is 0 Å². The van der Waals surface area contributed by atoms with Crippen molar-refractivity contribution in [2.75, 3.05) is 6.61 Å². The van der Waals surface area contributed by atoms with E-state index in [2.05, 4.69) is 0 Å². The lowest BCUT2D eigenvalue weighted by Gasteiger charge is -2.53. The lowest BCUT2D eigenvalue weighted by molar-refractivity contribution is -0.345. The largest absolute Gasteiger partial charge is 0.508 e. The fourth-order valence-corrected chi connectivity index (χ4v) is 7.56. The first-order valence-corrected chi connectivity index (χ1v) is 16.4. The second-order valence-electron chi connectivity index (χ2n) is 13.4. The number of aliphatic hydroxyl groups excluding tert-OH is 5. The number of ether oxygens (including phenoxy) is 5. The van der Waals surface area contributed by atoms with Gasteiger partial charge in [-0.2, -0.15) is 0 Å². The number of rotatable bonds is 5. The van der Waals surface area contributed by atoms with Gasteiger partial charge in [0.15, 0.2) is 35.4 Å². The lowest BCUT2D eigenvalue weighted by atomic mass is 9.74. The Balaban J connectivity index is 1.38. The van der Waals surface area contributed by atoms with E-state index in [1.807, 2.05) is 0 Å². The number of hydrogen-bond donors (Lipinski definition) is 12. The zero-order valence-corrected chi connectivity index (χ0v) is 27.2. The van der Waals surface area contributed by atoms with Gasteiger partial charge in [-0.25, -0.2) is 0 Å². The quantitative estimate of drug-likeness (QED) is 0.125. The van der Waals surface area contributed by atoms with Crippen LogP contribution < -0.4 is 14.2 Å². The summed E-state index contributed by atoms with van der Waals surface area (Å²) in [5.74, 6) is -7.45. The van der Waals surface area contributed by atoms with Crippen molar-refractivity contribution in [3.05, 3.63) is 82.4 Å². The van der Waals surface area contributed by atoms with Crippen molar-refractivity contribution >= 4 is 0 Å². The molecule has 1 saturated heterocycles. The van der Waals surface area contributed by atoms with Crippen LogP contribution in [0.15, 0.2) is 54.6 Å². The van der Waals surface area contributed by atoms with E-state index < -0.39 is 108 Å². The van der Waals surface area contributed by atoms with Crippen LogP contribution in [0.4, 0.5) is 0 Å². The summed E-state index contributed by atoms with van der Waals surface area (Å²) in [4.78, 5) is 0. The van der Waals surface area contributed by atoms with E-state index in [-0.39, 0.29) is 51.5 Å². The Morgan fingerprint density at radius 3 is 2.04 bits per heavy atom. The summed E-state index contributed by atoms with van der Waals surface area (Å²) in [6, 6.07) is 10.7. The van der Waals surface area contributed by atoms with E-state index >= 15 is 0 Å². The average Bonchev–Trinajstić information content (AvgIpc) is 3.11. The molecule has 0 radical (unpaired) electrons. The van der Waals surface area contributed by atoms with Gasteiger partial charge in [0, 0.05) is 46.9 Å². The number of fused-ring (bicyclic) bond motifs is 8. The van der Waals surface area contributed by atoms with Crippen molar-refractivity contribution in [3.8, 4) is 57.5 Å². The Morgan fingerprint density at radius 1 is 0.679 bits per heavy atom. The van der Waals surface area contributed by atoms with Crippen molar-refractivity contribution in [1.82, 2.24) is 0 Å². The first kappa shape index (κ1) is 34.7. The van der Waals surface area contributed by atoms with Crippen molar-refractivity contribution < 1.29 is 85.0 Å². The average molecular weight is 739 g/mol. The van der Waals surface area contributed by atoms with Crippen LogP contribution in [-0.2, 0) is 21.7 Å². The molecule has 0 aliphatic carbocycles. The van der Waals surface area contributed by atoms with Gasteiger partial charge in [0.05, 0.1) is 18.6 Å². The Kier molecular flexibility index (Phi) is 8.08. The molecular weight excluding hydrogens is 704 g/mol. The summed E-state index contributed by atoms with van der Waals surface area (Å²) in [7, 11) is 0. The highest BCUT2D eigenvalue weighted by molar-refractivity contribution is 5.68. The van der Waals surface area contributed by atoms with Crippen LogP contribution >= 0.6 is 0 Å². The number of aromatic hydroxyl groups is 7. The molecule has 0 aromatic heterocycles. The maximum atomic E-state index is 11.5. The molecule has 2 bridgehead atoms. The Labute approximate surface area is 298 Å². The van der Waals surface area contributed by atoms with Crippen LogP contribution in [0.2, 0.25) is 0 Å². The SMILES string of the molecule is OC[C@H]1O[C@@H](O[C@H]2[C@H]3c4c(O)cc(O)cc4O[C@]2(c2ccc(O)c(O)c2)Oc2cc(O)c4c(c23)O[C@H](c2ccc(O)c(O)c2)[C@H](O)C4)[C@H](O)[C@@H](O)[C@H]1O. The zero-order chi connectivity index (χ0) is 37.7. The van der Waals surface area contributed by atoms with Crippen LogP contribution in [0.1, 0.15) is 39.8 Å². The van der Waals surface area contributed by atoms with Gasteiger partial charge in [-0.15, -0.1) is 0 Å². The molecule has 17 nitrogen and oxygen atoms in total. The van der Waals surface area contributed by atoms with Crippen molar-refractivity contribution in [3.63, 3.8) is 0 Å². The maximum Gasteiger partial charge on any atom is 0.305 e. The molecule has 8 rings (SSSR count). The van der Waals surface area contributed by atoms with E-state index in [4.69, 9.17) is 23.7 Å². The molecule has 0 saturated carbocycles. The third-order valence-corrected chi connectivity index (χ3v) is 10.1. The molecule has 4 aliphatic rings. The molecule has 0 spiro atoms. The predicted molar refractivity (Wildman–Crippen MR) is 174 cm³/mol. The minimum atomic E-state index is -2.30. The molecule has 10 atom stereocenters. The highest BCUT2D eigenvalue weighted by Crippen LogP contribution is 2.63. The predicted octanol–water partition coefficient (Wildman–Crippen LogP) is 0.618. The molecule has 4 aromatic rings. The summed E-state index contributed by atoms with van der Waals surface area (Å²) in [6.07, 6.45) is -13.2. The zero-order valence-electron chi connectivity index (χ0n) is 27.2. The standard InChI is InChI=1S/C36H34O17/c37-11-25-29(46)30(47)31(48)35(49-25)51-34-28-26-21(44)7-14(38)8-23(26)52-36(34,13-2-4-17(40)20(43)6-13)53-24-10-18(41)15-9-22(45)32(50-33(15)27(24)28)12-1-3-16(39)19(42)5-12/h1-8,10,22,25,28-32,34-35,37-48H,9,11H2/t22-,25-,28+,29+,30+,31-,32-,34+,35+,36-/m1/s1. The fourth-order valence-electron chi connectivity index (χ4n) is 7.56. The summed E-state index contributed by atoms with van der Waals surface area (Å²) >= 11 is 0. The number of hydrogen-bond acceptors (Lipinski definition) is 17. The van der Waals surface area contributed by atoms with E-state index in [9.17, 15) is 61.3 Å². The third kappa shape index (κ3) is 5.27. The van der Waals surface area contributed by atoms with Gasteiger partial charge in [-0.1, -0.05) is 6.07 Å². The highest BCUT2D eigenvalue weighted by Gasteiger charge is 2.63. The maximum absolute atomic E-state index is 11.5. The van der Waals surface area contributed by atoms with Gasteiger partial charge < -0.3 is 85.0 Å². The van der Waals surface area contributed by atoms with E-state index in [1.54, 1.807) is 0 Å². The smallest absolute Gasteiger partial charge is 0.305 e. The summed E-state index contributed by atoms with van der Waals surface area (Å²) in [5, 5.41) is 128. The second kappa shape index (κ2) is 12.3. The minimum Gasteiger partial charge on any atom is -0.508 e. The Morgan fingerprint density at radius 2 is 1.36 bits per heavy atom. The van der Waals surface area contributed by atoms with Gasteiger partial charge in [0.1, 0.15) is 65.0 Å². The van der Waals surface area contributed by atoms with Crippen LogP contribution in [0.3, 0.4) is 0 Å². The first-order chi connectivity index (χ1) is 25.2. The molecular formula is C36H34O17. The Hall–Kier alpha value is -5.40. The monoisotopic (exact) mass is 738 g/mol. The van der Waals surface area contributed by atoms with E-state index in [0.29, 0.717) is 0 Å². The Bertz CT molecular complexity index is 2100. The van der Waals surface area contributed by atoms with Crippen molar-refractivity contribution in [2.24, 2.45) is 0 Å². The topological polar surface area (TPSA) is 289 Å². The third-order valence-electron chi connectivity index (χ3n) is 10.1. The normalized spacial score (nSPS) is 31.2. The van der Waals surface area contributed by atoms with Crippen LogP contribution in [-0.4, -0.2) is 111 Å². The first-order valence-electron chi connectivity index (χ1n) is 16.4. The fraction of sp³-hybridized carbons (Fsp3) is 0.333. The molecule has 53 heavy (non-hydrogen) atoms. The molecule has 0 unspecified atom stereocenters. The minimum absolute atomic E-state index is 0.0398. The summed E-state index contributed by atoms with van der Waals surface area (Å²) < 4.78 is 31.5. The summed E-state index contributed by atoms with van der Waals surface area (Å²) in [6.45, 7) is -0.800. The van der Waals surface area contributed by atoms with Crippen molar-refractivity contribution in [2.45, 2.75) is 67.1 Å². The van der Waals surface area contributed by atoms with E-state index in [1.165, 1.54) is 30.3 Å². The van der Waals surface area contributed by atoms with Gasteiger partial charge >= 0.3 is 5.79 Å². The van der Waals surface area contributed by atoms with E-state index in [0.717, 1.165) is 24.3 Å². The molecule has 4 aliphatic heterocycles.